The Labute approximate surface area is 196 Å². The van der Waals surface area contributed by atoms with E-state index in [1.165, 1.54) is 6.92 Å². The molecule has 6 unspecified atom stereocenters. The maximum atomic E-state index is 12.9. The van der Waals surface area contributed by atoms with Crippen LogP contribution in [0.2, 0.25) is 0 Å². The van der Waals surface area contributed by atoms with E-state index in [4.69, 9.17) is 16.6 Å². The van der Waals surface area contributed by atoms with Crippen LogP contribution in [0.4, 0.5) is 0 Å². The van der Waals surface area contributed by atoms with E-state index < -0.39 is 78.2 Å². The monoisotopic (exact) mass is 489 g/mol. The molecule has 0 heterocycles. The second-order valence-electron chi connectivity index (χ2n) is 8.04. The lowest BCUT2D eigenvalue weighted by molar-refractivity contribution is -0.143. The highest BCUT2D eigenvalue weighted by atomic mass is 16.4. The van der Waals surface area contributed by atoms with Crippen molar-refractivity contribution in [3.8, 4) is 0 Å². The first-order valence-electron chi connectivity index (χ1n) is 10.8. The molecule has 0 aliphatic rings. The molecule has 0 aromatic carbocycles. The Morgan fingerprint density at radius 1 is 0.824 bits per heavy atom. The van der Waals surface area contributed by atoms with Crippen molar-refractivity contribution in [2.24, 2.45) is 17.4 Å². The van der Waals surface area contributed by atoms with Crippen molar-refractivity contribution in [3.63, 3.8) is 0 Å². The molecular formula is C20H35N5O9. The second-order valence-corrected chi connectivity index (χ2v) is 8.04. The molecule has 0 saturated carbocycles. The number of amides is 4. The minimum atomic E-state index is -1.44. The molecule has 0 spiro atoms. The Bertz CT molecular complexity index is 759. The van der Waals surface area contributed by atoms with Crippen LogP contribution < -0.4 is 27.4 Å². The fourth-order valence-electron chi connectivity index (χ4n) is 2.78. The Morgan fingerprint density at radius 3 is 1.79 bits per heavy atom. The molecule has 0 rings (SSSR count). The number of carboxylic acids is 2. The van der Waals surface area contributed by atoms with Gasteiger partial charge in [0.1, 0.15) is 24.2 Å². The molecule has 0 saturated heterocycles. The molecule has 194 valence electrons. The zero-order valence-electron chi connectivity index (χ0n) is 19.4. The third-order valence-electron chi connectivity index (χ3n) is 5.19. The van der Waals surface area contributed by atoms with E-state index in [1.807, 2.05) is 0 Å². The van der Waals surface area contributed by atoms with E-state index in [-0.39, 0.29) is 19.3 Å². The van der Waals surface area contributed by atoms with E-state index in [0.29, 0.717) is 6.42 Å². The van der Waals surface area contributed by atoms with Crippen LogP contribution in [0.25, 0.3) is 0 Å². The number of nitrogens with two attached hydrogens (primary N) is 2. The maximum absolute atomic E-state index is 12.9. The van der Waals surface area contributed by atoms with E-state index in [0.717, 1.165) is 0 Å². The lowest BCUT2D eigenvalue weighted by Gasteiger charge is -2.28. The average molecular weight is 490 g/mol. The summed E-state index contributed by atoms with van der Waals surface area (Å²) >= 11 is 0. The van der Waals surface area contributed by atoms with Gasteiger partial charge >= 0.3 is 11.9 Å². The molecule has 0 aliphatic heterocycles. The van der Waals surface area contributed by atoms with Crippen LogP contribution in [0, 0.1) is 5.92 Å². The van der Waals surface area contributed by atoms with Crippen LogP contribution >= 0.6 is 0 Å². The number of rotatable bonds is 16. The predicted molar refractivity (Wildman–Crippen MR) is 118 cm³/mol. The summed E-state index contributed by atoms with van der Waals surface area (Å²) in [6.45, 7) is 4.61. The number of primary amides is 1. The molecule has 0 aromatic heterocycles. The second kappa shape index (κ2) is 14.8. The number of hydrogen-bond donors (Lipinski definition) is 8. The van der Waals surface area contributed by atoms with Gasteiger partial charge in [-0.2, -0.15) is 0 Å². The highest BCUT2D eigenvalue weighted by molar-refractivity contribution is 5.94. The summed E-state index contributed by atoms with van der Waals surface area (Å²) in [5.74, 6) is -6.50. The lowest BCUT2D eigenvalue weighted by atomic mass is 9.96. The summed E-state index contributed by atoms with van der Waals surface area (Å²) in [4.78, 5) is 71.3. The molecule has 34 heavy (non-hydrogen) atoms. The quantitative estimate of drug-likeness (QED) is 0.112. The Kier molecular flexibility index (Phi) is 13.4. The highest BCUT2D eigenvalue weighted by Crippen LogP contribution is 2.11. The summed E-state index contributed by atoms with van der Waals surface area (Å²) in [7, 11) is 0. The van der Waals surface area contributed by atoms with Gasteiger partial charge in [-0.05, 0) is 25.7 Å². The molecule has 0 fully saturated rings. The minimum Gasteiger partial charge on any atom is -0.481 e. The molecular weight excluding hydrogens is 454 g/mol. The summed E-state index contributed by atoms with van der Waals surface area (Å²) in [5, 5.41) is 34.7. The standard InChI is InChI=1S/C20H35N5O9/c1-4-9(2)16(19(32)24-12(20(33)34)5-7-13(21)27)25-17(30)11(6-8-14(28)29)23-18(31)15(22)10(3)26/h9-12,15-16,26H,4-8,22H2,1-3H3,(H2,21,27)(H,23,31)(H,24,32)(H,25,30)(H,28,29)(H,33,34). The van der Waals surface area contributed by atoms with Gasteiger partial charge in [0.05, 0.1) is 6.10 Å². The van der Waals surface area contributed by atoms with Crippen LogP contribution in [-0.4, -0.2) is 81.2 Å². The van der Waals surface area contributed by atoms with Crippen molar-refractivity contribution in [1.29, 1.82) is 0 Å². The Balaban J connectivity index is 5.62. The maximum Gasteiger partial charge on any atom is 0.326 e. The molecule has 0 aliphatic carbocycles. The highest BCUT2D eigenvalue weighted by Gasteiger charge is 2.33. The van der Waals surface area contributed by atoms with Gasteiger partial charge in [-0.25, -0.2) is 4.79 Å². The molecule has 4 amide bonds. The SMILES string of the molecule is CCC(C)C(NC(=O)C(CCC(=O)O)NC(=O)C(N)C(C)O)C(=O)NC(CCC(N)=O)C(=O)O. The van der Waals surface area contributed by atoms with Gasteiger partial charge in [0.15, 0.2) is 0 Å². The van der Waals surface area contributed by atoms with Crippen LogP contribution in [0.5, 0.6) is 0 Å². The smallest absolute Gasteiger partial charge is 0.326 e. The summed E-state index contributed by atoms with van der Waals surface area (Å²) in [6, 6.07) is -5.44. The van der Waals surface area contributed by atoms with Crippen LogP contribution in [0.1, 0.15) is 52.9 Å². The van der Waals surface area contributed by atoms with Gasteiger partial charge in [-0.1, -0.05) is 20.3 Å². The fourth-order valence-corrected chi connectivity index (χ4v) is 2.78. The average Bonchev–Trinajstić information content (AvgIpc) is 2.75. The Morgan fingerprint density at radius 2 is 1.35 bits per heavy atom. The lowest BCUT2D eigenvalue weighted by Crippen LogP contribution is -2.59. The number of hydrogen-bond acceptors (Lipinski definition) is 8. The van der Waals surface area contributed by atoms with E-state index in [2.05, 4.69) is 16.0 Å². The van der Waals surface area contributed by atoms with E-state index in [1.54, 1.807) is 13.8 Å². The summed E-state index contributed by atoms with van der Waals surface area (Å²) in [5.41, 5.74) is 10.6. The number of aliphatic hydroxyl groups excluding tert-OH is 1. The number of carbonyl (C=O) groups excluding carboxylic acids is 4. The normalized spacial score (nSPS) is 16.1. The van der Waals surface area contributed by atoms with Crippen molar-refractivity contribution in [2.45, 2.75) is 83.1 Å². The first kappa shape index (κ1) is 30.7. The van der Waals surface area contributed by atoms with Gasteiger partial charge in [-0.15, -0.1) is 0 Å². The zero-order valence-corrected chi connectivity index (χ0v) is 19.4. The first-order chi connectivity index (χ1) is 15.7. The van der Waals surface area contributed by atoms with Crippen LogP contribution in [0.15, 0.2) is 0 Å². The van der Waals surface area contributed by atoms with Gasteiger partial charge in [-0.3, -0.25) is 24.0 Å². The van der Waals surface area contributed by atoms with Gasteiger partial charge in [0.2, 0.25) is 23.6 Å². The third-order valence-corrected chi connectivity index (χ3v) is 5.19. The molecule has 0 aromatic rings. The summed E-state index contributed by atoms with van der Waals surface area (Å²) in [6.07, 6.45) is -2.20. The zero-order chi connectivity index (χ0) is 26.6. The molecule has 0 bridgehead atoms. The van der Waals surface area contributed by atoms with E-state index >= 15 is 0 Å². The number of carbonyl (C=O) groups is 6. The van der Waals surface area contributed by atoms with Gasteiger partial charge < -0.3 is 42.7 Å². The third kappa shape index (κ3) is 11.0. The van der Waals surface area contributed by atoms with Crippen molar-refractivity contribution in [3.05, 3.63) is 0 Å². The van der Waals surface area contributed by atoms with Crippen molar-refractivity contribution in [1.82, 2.24) is 16.0 Å². The topological polar surface area (TPSA) is 251 Å². The van der Waals surface area contributed by atoms with Gasteiger partial charge in [0.25, 0.3) is 0 Å². The first-order valence-corrected chi connectivity index (χ1v) is 10.8. The van der Waals surface area contributed by atoms with Crippen LogP contribution in [-0.2, 0) is 28.8 Å². The fraction of sp³-hybridized carbons (Fsp3) is 0.700. The Hall–Kier alpha value is -3.26. The van der Waals surface area contributed by atoms with Gasteiger partial charge in [0, 0.05) is 12.8 Å². The van der Waals surface area contributed by atoms with Crippen molar-refractivity contribution < 1.29 is 44.1 Å². The van der Waals surface area contributed by atoms with Crippen molar-refractivity contribution in [2.75, 3.05) is 0 Å². The summed E-state index contributed by atoms with van der Waals surface area (Å²) < 4.78 is 0. The van der Waals surface area contributed by atoms with E-state index in [9.17, 15) is 39.0 Å². The predicted octanol–water partition coefficient (Wildman–Crippen LogP) is -2.59. The number of nitrogens with one attached hydrogen (secondary N) is 3. The minimum absolute atomic E-state index is 0.258. The molecule has 14 heteroatoms. The van der Waals surface area contributed by atoms with Crippen molar-refractivity contribution >= 4 is 35.6 Å². The molecule has 0 radical (unpaired) electrons. The number of aliphatic carboxylic acids is 2. The largest absolute Gasteiger partial charge is 0.481 e. The molecule has 14 nitrogen and oxygen atoms in total. The molecule has 6 atom stereocenters. The number of aliphatic hydroxyl groups is 1. The molecule has 10 N–H and O–H groups in total. The van der Waals surface area contributed by atoms with Crippen LogP contribution in [0.3, 0.4) is 0 Å². The number of carboxylic acid groups (broad SMARTS) is 2.